The number of hydrogen-bond donors (Lipinski definition) is 1. The maximum atomic E-state index is 12.1. The van der Waals surface area contributed by atoms with E-state index >= 15 is 0 Å². The second-order valence-corrected chi connectivity index (χ2v) is 5.12. The fourth-order valence-electron chi connectivity index (χ4n) is 1.79. The number of halogens is 1. The molecule has 1 N–H and O–H groups in total. The predicted molar refractivity (Wildman–Crippen MR) is 77.7 cm³/mol. The van der Waals surface area contributed by atoms with Crippen LogP contribution in [0.2, 0.25) is 0 Å². The third kappa shape index (κ3) is 2.86. The Labute approximate surface area is 119 Å². The molecule has 0 saturated carbocycles. The molecule has 0 aliphatic heterocycles. The number of nitrogens with zero attached hydrogens (tertiary/aromatic N) is 4. The lowest BCUT2D eigenvalue weighted by atomic mass is 10.3. The van der Waals surface area contributed by atoms with E-state index in [0.29, 0.717) is 16.7 Å². The van der Waals surface area contributed by atoms with Crippen LogP contribution >= 0.6 is 15.9 Å². The van der Waals surface area contributed by atoms with Gasteiger partial charge in [-0.1, -0.05) is 6.92 Å². The molecule has 2 heterocycles. The summed E-state index contributed by atoms with van der Waals surface area (Å²) in [6.45, 7) is 4.53. The molecule has 0 atom stereocenters. The van der Waals surface area contributed by atoms with Crippen molar-refractivity contribution in [3.8, 4) is 0 Å². The molecule has 7 heteroatoms. The van der Waals surface area contributed by atoms with Crippen molar-refractivity contribution in [3.63, 3.8) is 0 Å². The first kappa shape index (κ1) is 13.8. The van der Waals surface area contributed by atoms with Gasteiger partial charge in [-0.15, -0.1) is 0 Å². The van der Waals surface area contributed by atoms with Gasteiger partial charge in [0.1, 0.15) is 4.47 Å². The highest BCUT2D eigenvalue weighted by atomic mass is 79.9. The summed E-state index contributed by atoms with van der Waals surface area (Å²) < 4.78 is 3.65. The van der Waals surface area contributed by atoms with Gasteiger partial charge in [0.2, 0.25) is 0 Å². The number of aryl methyl sites for hydroxylation is 3. The Balaban J connectivity index is 2.34. The number of rotatable bonds is 4. The molecule has 0 aromatic carbocycles. The van der Waals surface area contributed by atoms with Gasteiger partial charge in [0.25, 0.3) is 5.56 Å². The van der Waals surface area contributed by atoms with Gasteiger partial charge in [-0.3, -0.25) is 9.48 Å². The Morgan fingerprint density at radius 1 is 1.42 bits per heavy atom. The lowest BCUT2D eigenvalue weighted by Crippen LogP contribution is -2.24. The van der Waals surface area contributed by atoms with E-state index in [2.05, 4.69) is 31.4 Å². The van der Waals surface area contributed by atoms with E-state index < -0.39 is 0 Å². The minimum atomic E-state index is -0.131. The second kappa shape index (κ2) is 5.56. The van der Waals surface area contributed by atoms with Crippen molar-refractivity contribution in [2.24, 2.45) is 7.05 Å². The van der Waals surface area contributed by atoms with Crippen LogP contribution in [0, 0.1) is 6.92 Å². The molecule has 0 saturated heterocycles. The van der Waals surface area contributed by atoms with Crippen LogP contribution in [0.3, 0.4) is 0 Å². The summed E-state index contributed by atoms with van der Waals surface area (Å²) in [4.78, 5) is 12.1. The molecular formula is C12H16BrN5O. The molecule has 0 aliphatic rings. The Morgan fingerprint density at radius 3 is 2.74 bits per heavy atom. The molecule has 2 aromatic heterocycles. The summed E-state index contributed by atoms with van der Waals surface area (Å²) in [5.41, 5.74) is 2.24. The lowest BCUT2D eigenvalue weighted by Gasteiger charge is -2.09. The van der Waals surface area contributed by atoms with Crippen molar-refractivity contribution in [2.75, 3.05) is 5.32 Å². The van der Waals surface area contributed by atoms with E-state index in [1.54, 1.807) is 10.9 Å². The fraction of sp³-hybridized carbons (Fsp3) is 0.417. The van der Waals surface area contributed by atoms with E-state index in [0.717, 1.165) is 17.8 Å². The smallest absolute Gasteiger partial charge is 0.283 e. The molecule has 6 nitrogen and oxygen atoms in total. The number of aromatic nitrogens is 4. The zero-order valence-corrected chi connectivity index (χ0v) is 12.7. The Hall–Kier alpha value is -1.63. The van der Waals surface area contributed by atoms with Gasteiger partial charge in [0.15, 0.2) is 0 Å². The van der Waals surface area contributed by atoms with Crippen LogP contribution in [0.4, 0.5) is 11.4 Å². The van der Waals surface area contributed by atoms with E-state index in [9.17, 15) is 4.79 Å². The summed E-state index contributed by atoms with van der Waals surface area (Å²) in [6, 6.07) is 0. The minimum absolute atomic E-state index is 0.131. The van der Waals surface area contributed by atoms with E-state index in [1.165, 1.54) is 4.68 Å². The van der Waals surface area contributed by atoms with Gasteiger partial charge in [-0.25, -0.2) is 4.68 Å². The molecule has 2 aromatic rings. The molecular weight excluding hydrogens is 310 g/mol. The largest absolute Gasteiger partial charge is 0.350 e. The summed E-state index contributed by atoms with van der Waals surface area (Å²) >= 11 is 3.33. The minimum Gasteiger partial charge on any atom is -0.350 e. The van der Waals surface area contributed by atoms with E-state index in [-0.39, 0.29) is 5.56 Å². The van der Waals surface area contributed by atoms with Gasteiger partial charge in [-0.05, 0) is 29.3 Å². The second-order valence-electron chi connectivity index (χ2n) is 4.33. The molecule has 0 fully saturated rings. The summed E-state index contributed by atoms with van der Waals surface area (Å²) in [5.74, 6) is 0. The quantitative estimate of drug-likeness (QED) is 0.935. The van der Waals surface area contributed by atoms with Crippen LogP contribution in [0.1, 0.15) is 19.0 Å². The SMILES string of the molecule is CCCn1ncc(Nc2cn(C)nc2C)c(Br)c1=O. The maximum Gasteiger partial charge on any atom is 0.283 e. The zero-order chi connectivity index (χ0) is 14.0. The number of nitrogens with one attached hydrogen (secondary N) is 1. The zero-order valence-electron chi connectivity index (χ0n) is 11.1. The monoisotopic (exact) mass is 325 g/mol. The van der Waals surface area contributed by atoms with Crippen molar-refractivity contribution >= 4 is 27.3 Å². The topological polar surface area (TPSA) is 64.7 Å². The highest BCUT2D eigenvalue weighted by Gasteiger charge is 2.10. The Bertz CT molecular complexity index is 646. The third-order valence-electron chi connectivity index (χ3n) is 2.70. The Morgan fingerprint density at radius 2 is 2.16 bits per heavy atom. The predicted octanol–water partition coefficient (Wildman–Crippen LogP) is 2.20. The van der Waals surface area contributed by atoms with Crippen LogP contribution in [0.25, 0.3) is 0 Å². The van der Waals surface area contributed by atoms with Crippen molar-refractivity contribution in [2.45, 2.75) is 26.8 Å². The van der Waals surface area contributed by atoms with Crippen LogP contribution in [-0.2, 0) is 13.6 Å². The Kier molecular flexibility index (Phi) is 4.04. The summed E-state index contributed by atoms with van der Waals surface area (Å²) in [7, 11) is 1.85. The molecule has 19 heavy (non-hydrogen) atoms. The fourth-order valence-corrected chi connectivity index (χ4v) is 2.20. The molecule has 0 amide bonds. The first-order valence-corrected chi connectivity index (χ1v) is 6.85. The normalized spacial score (nSPS) is 10.7. The van der Waals surface area contributed by atoms with E-state index in [4.69, 9.17) is 0 Å². The number of anilines is 2. The summed E-state index contributed by atoms with van der Waals surface area (Å²) in [5, 5.41) is 11.6. The summed E-state index contributed by atoms with van der Waals surface area (Å²) in [6.07, 6.45) is 4.38. The highest BCUT2D eigenvalue weighted by molar-refractivity contribution is 9.10. The van der Waals surface area contributed by atoms with Crippen molar-refractivity contribution < 1.29 is 0 Å². The maximum absolute atomic E-state index is 12.1. The molecule has 2 rings (SSSR count). The van der Waals surface area contributed by atoms with Crippen molar-refractivity contribution in [3.05, 3.63) is 32.9 Å². The van der Waals surface area contributed by atoms with Crippen LogP contribution in [-0.4, -0.2) is 19.6 Å². The molecule has 0 bridgehead atoms. The number of hydrogen-bond acceptors (Lipinski definition) is 4. The standard InChI is InChI=1S/C12H16BrN5O/c1-4-5-18-12(19)11(13)9(6-14-18)15-10-7-17(3)16-8(10)2/h6-7,15H,4-5H2,1-3H3. The first-order valence-electron chi connectivity index (χ1n) is 6.05. The molecule has 0 aliphatic carbocycles. The van der Waals surface area contributed by atoms with Crippen molar-refractivity contribution in [1.29, 1.82) is 0 Å². The molecule has 0 unspecified atom stereocenters. The molecule has 0 radical (unpaired) electrons. The van der Waals surface area contributed by atoms with Crippen LogP contribution < -0.4 is 10.9 Å². The van der Waals surface area contributed by atoms with Crippen LogP contribution in [0.15, 0.2) is 21.7 Å². The highest BCUT2D eigenvalue weighted by Crippen LogP contribution is 2.23. The van der Waals surface area contributed by atoms with Crippen LogP contribution in [0.5, 0.6) is 0 Å². The van der Waals surface area contributed by atoms with Gasteiger partial charge in [0.05, 0.1) is 23.3 Å². The van der Waals surface area contributed by atoms with Crippen molar-refractivity contribution in [1.82, 2.24) is 19.6 Å². The third-order valence-corrected chi connectivity index (χ3v) is 3.47. The van der Waals surface area contributed by atoms with Gasteiger partial charge in [0, 0.05) is 19.8 Å². The van der Waals surface area contributed by atoms with Gasteiger partial charge >= 0.3 is 0 Å². The lowest BCUT2D eigenvalue weighted by molar-refractivity contribution is 0.566. The van der Waals surface area contributed by atoms with Gasteiger partial charge < -0.3 is 5.32 Å². The van der Waals surface area contributed by atoms with Gasteiger partial charge in [-0.2, -0.15) is 10.2 Å². The average molecular weight is 326 g/mol. The first-order chi connectivity index (χ1) is 9.02. The average Bonchev–Trinajstić information content (AvgIpc) is 2.67. The molecule has 0 spiro atoms. The molecule has 102 valence electrons. The van der Waals surface area contributed by atoms with E-state index in [1.807, 2.05) is 27.1 Å².